The van der Waals surface area contributed by atoms with Crippen molar-refractivity contribution in [2.24, 2.45) is 4.99 Å². The number of nitrogens with zero attached hydrogens (tertiary/aromatic N) is 1. The van der Waals surface area contributed by atoms with Crippen molar-refractivity contribution in [2.45, 2.75) is 65.8 Å². The molecule has 1 atom stereocenters. The fourth-order valence-electron chi connectivity index (χ4n) is 1.64. The van der Waals surface area contributed by atoms with Gasteiger partial charge in [0.1, 0.15) is 0 Å². The van der Waals surface area contributed by atoms with Gasteiger partial charge in [0.05, 0.1) is 0 Å². The molecule has 1 unspecified atom stereocenters. The predicted molar refractivity (Wildman–Crippen MR) is 86.0 cm³/mol. The third-order valence-electron chi connectivity index (χ3n) is 3.04. The van der Waals surface area contributed by atoms with Crippen LogP contribution in [0.5, 0.6) is 0 Å². The minimum Gasteiger partial charge on any atom is -0.357 e. The Morgan fingerprint density at radius 1 is 1.15 bits per heavy atom. The van der Waals surface area contributed by atoms with Gasteiger partial charge in [-0.05, 0) is 26.7 Å². The fourth-order valence-corrected chi connectivity index (χ4v) is 1.64. The molecule has 0 bridgehead atoms. The number of rotatable bonds is 10. The van der Waals surface area contributed by atoms with Gasteiger partial charge in [0.2, 0.25) is 5.91 Å². The summed E-state index contributed by atoms with van der Waals surface area (Å²) in [7, 11) is 0. The summed E-state index contributed by atoms with van der Waals surface area (Å²) in [4.78, 5) is 16.1. The Labute approximate surface area is 124 Å². The monoisotopic (exact) mass is 284 g/mol. The lowest BCUT2D eigenvalue weighted by atomic mass is 10.2. The molecule has 0 saturated heterocycles. The second kappa shape index (κ2) is 12.8. The van der Waals surface area contributed by atoms with Crippen molar-refractivity contribution in [2.75, 3.05) is 19.6 Å². The van der Waals surface area contributed by atoms with E-state index >= 15 is 0 Å². The number of amides is 1. The summed E-state index contributed by atoms with van der Waals surface area (Å²) in [6, 6.07) is 0.249. The van der Waals surface area contributed by atoms with E-state index in [1.54, 1.807) is 0 Å². The lowest BCUT2D eigenvalue weighted by Crippen LogP contribution is -2.40. The average molecular weight is 284 g/mol. The van der Waals surface area contributed by atoms with Crippen molar-refractivity contribution < 1.29 is 4.79 Å². The van der Waals surface area contributed by atoms with E-state index in [4.69, 9.17) is 0 Å². The number of hydrogen-bond acceptors (Lipinski definition) is 2. The smallest absolute Gasteiger partial charge is 0.221 e. The second-order valence-corrected chi connectivity index (χ2v) is 5.02. The van der Waals surface area contributed by atoms with Crippen LogP contribution in [0.15, 0.2) is 4.99 Å². The standard InChI is InChI=1S/C15H32N4O/c1-5-8-9-11-17-15(16-7-3)18-12-10-14(20)19-13(4)6-2/h13H,5-12H2,1-4H3,(H,19,20)(H2,16,17,18). The summed E-state index contributed by atoms with van der Waals surface area (Å²) in [6.07, 6.45) is 4.96. The molecule has 0 heterocycles. The Balaban J connectivity index is 3.92. The molecule has 0 aliphatic rings. The molecule has 0 radical (unpaired) electrons. The van der Waals surface area contributed by atoms with Crippen LogP contribution in [0.2, 0.25) is 0 Å². The Morgan fingerprint density at radius 3 is 2.50 bits per heavy atom. The topological polar surface area (TPSA) is 65.5 Å². The van der Waals surface area contributed by atoms with Gasteiger partial charge in [-0.1, -0.05) is 26.7 Å². The van der Waals surface area contributed by atoms with Crippen LogP contribution >= 0.6 is 0 Å². The van der Waals surface area contributed by atoms with Crippen LogP contribution < -0.4 is 16.0 Å². The molecule has 0 aromatic rings. The van der Waals surface area contributed by atoms with Crippen molar-refractivity contribution >= 4 is 11.9 Å². The molecule has 0 fully saturated rings. The van der Waals surface area contributed by atoms with E-state index in [0.29, 0.717) is 13.0 Å². The van der Waals surface area contributed by atoms with Gasteiger partial charge in [0, 0.05) is 32.1 Å². The maximum atomic E-state index is 11.6. The Morgan fingerprint density at radius 2 is 1.90 bits per heavy atom. The molecule has 0 rings (SSSR count). The zero-order valence-corrected chi connectivity index (χ0v) is 13.6. The SMILES string of the molecule is CCCCCN=C(NCC)NCCC(=O)NC(C)CC. The molecule has 3 N–H and O–H groups in total. The van der Waals surface area contributed by atoms with E-state index in [1.165, 1.54) is 12.8 Å². The van der Waals surface area contributed by atoms with Crippen LogP contribution in [0.4, 0.5) is 0 Å². The van der Waals surface area contributed by atoms with E-state index < -0.39 is 0 Å². The molecule has 5 nitrogen and oxygen atoms in total. The maximum Gasteiger partial charge on any atom is 0.221 e. The number of guanidine groups is 1. The number of unbranched alkanes of at least 4 members (excludes halogenated alkanes) is 2. The van der Waals surface area contributed by atoms with Gasteiger partial charge in [-0.25, -0.2) is 0 Å². The quantitative estimate of drug-likeness (QED) is 0.327. The van der Waals surface area contributed by atoms with Gasteiger partial charge in [-0.2, -0.15) is 0 Å². The summed E-state index contributed by atoms with van der Waals surface area (Å²) >= 11 is 0. The molecule has 0 aromatic heterocycles. The molecule has 0 spiro atoms. The van der Waals surface area contributed by atoms with E-state index in [-0.39, 0.29) is 11.9 Å². The van der Waals surface area contributed by atoms with Gasteiger partial charge in [-0.3, -0.25) is 9.79 Å². The third-order valence-corrected chi connectivity index (χ3v) is 3.04. The average Bonchev–Trinajstić information content (AvgIpc) is 2.43. The van der Waals surface area contributed by atoms with Crippen LogP contribution in [0.25, 0.3) is 0 Å². The molecule has 0 aromatic carbocycles. The third kappa shape index (κ3) is 10.6. The number of aliphatic imine (C=N–C) groups is 1. The van der Waals surface area contributed by atoms with Crippen molar-refractivity contribution in [1.29, 1.82) is 0 Å². The number of carbonyl (C=O) groups excluding carboxylic acids is 1. The van der Waals surface area contributed by atoms with Gasteiger partial charge >= 0.3 is 0 Å². The largest absolute Gasteiger partial charge is 0.357 e. The van der Waals surface area contributed by atoms with Gasteiger partial charge < -0.3 is 16.0 Å². The summed E-state index contributed by atoms with van der Waals surface area (Å²) in [5.74, 6) is 0.897. The van der Waals surface area contributed by atoms with Crippen molar-refractivity contribution in [3.8, 4) is 0 Å². The fraction of sp³-hybridized carbons (Fsp3) is 0.867. The molecule has 5 heteroatoms. The minimum absolute atomic E-state index is 0.0914. The first-order chi connectivity index (χ1) is 9.63. The minimum atomic E-state index is 0.0914. The molecule has 0 saturated carbocycles. The number of carbonyl (C=O) groups is 1. The van der Waals surface area contributed by atoms with Crippen molar-refractivity contribution in [1.82, 2.24) is 16.0 Å². The summed E-state index contributed by atoms with van der Waals surface area (Å²) in [6.45, 7) is 10.6. The highest BCUT2D eigenvalue weighted by atomic mass is 16.1. The molecule has 20 heavy (non-hydrogen) atoms. The molecular formula is C15H32N4O. The van der Waals surface area contributed by atoms with Crippen LogP contribution in [-0.4, -0.2) is 37.5 Å². The highest BCUT2D eigenvalue weighted by Crippen LogP contribution is 1.93. The molecular weight excluding hydrogens is 252 g/mol. The molecule has 1 amide bonds. The first-order valence-corrected chi connectivity index (χ1v) is 7.95. The van der Waals surface area contributed by atoms with E-state index in [9.17, 15) is 4.79 Å². The highest BCUT2D eigenvalue weighted by Gasteiger charge is 2.05. The van der Waals surface area contributed by atoms with Gasteiger partial charge in [0.15, 0.2) is 5.96 Å². The Hall–Kier alpha value is -1.26. The zero-order chi connectivity index (χ0) is 15.2. The lowest BCUT2D eigenvalue weighted by molar-refractivity contribution is -0.121. The summed E-state index contributed by atoms with van der Waals surface area (Å²) < 4.78 is 0. The van der Waals surface area contributed by atoms with Crippen LogP contribution in [0, 0.1) is 0 Å². The highest BCUT2D eigenvalue weighted by molar-refractivity contribution is 5.81. The zero-order valence-electron chi connectivity index (χ0n) is 13.6. The summed E-state index contributed by atoms with van der Waals surface area (Å²) in [5, 5.41) is 9.35. The van der Waals surface area contributed by atoms with E-state index in [1.807, 2.05) is 13.8 Å². The van der Waals surface area contributed by atoms with E-state index in [2.05, 4.69) is 34.8 Å². The van der Waals surface area contributed by atoms with Crippen molar-refractivity contribution in [3.05, 3.63) is 0 Å². The van der Waals surface area contributed by atoms with Crippen LogP contribution in [-0.2, 0) is 4.79 Å². The Kier molecular flexibility index (Phi) is 12.0. The normalized spacial score (nSPS) is 12.9. The van der Waals surface area contributed by atoms with Crippen LogP contribution in [0.1, 0.15) is 59.8 Å². The first-order valence-electron chi connectivity index (χ1n) is 7.95. The van der Waals surface area contributed by atoms with Gasteiger partial charge in [-0.15, -0.1) is 0 Å². The molecule has 118 valence electrons. The van der Waals surface area contributed by atoms with Crippen molar-refractivity contribution in [3.63, 3.8) is 0 Å². The lowest BCUT2D eigenvalue weighted by Gasteiger charge is -2.13. The van der Waals surface area contributed by atoms with Crippen LogP contribution in [0.3, 0.4) is 0 Å². The molecule has 0 aliphatic heterocycles. The first kappa shape index (κ1) is 18.7. The van der Waals surface area contributed by atoms with E-state index in [0.717, 1.165) is 31.9 Å². The maximum absolute atomic E-state index is 11.6. The summed E-state index contributed by atoms with van der Waals surface area (Å²) in [5.41, 5.74) is 0. The molecule has 0 aliphatic carbocycles. The predicted octanol–water partition coefficient (Wildman–Crippen LogP) is 2.04. The van der Waals surface area contributed by atoms with Gasteiger partial charge in [0.25, 0.3) is 0 Å². The number of nitrogens with one attached hydrogen (secondary N) is 3. The Bertz CT molecular complexity index is 279. The number of hydrogen-bond donors (Lipinski definition) is 3. The second-order valence-electron chi connectivity index (χ2n) is 5.02.